The number of hydrogen-bond donors (Lipinski definition) is 1. The Labute approximate surface area is 104 Å². The SMILES string of the molecule is CCCNC(C)c1ccc(F)cc1CC(C)C. The van der Waals surface area contributed by atoms with Gasteiger partial charge in [-0.05, 0) is 55.5 Å². The van der Waals surface area contributed by atoms with Gasteiger partial charge in [0.2, 0.25) is 0 Å². The predicted molar refractivity (Wildman–Crippen MR) is 71.7 cm³/mol. The van der Waals surface area contributed by atoms with Gasteiger partial charge in [0.05, 0.1) is 0 Å². The summed E-state index contributed by atoms with van der Waals surface area (Å²) in [6, 6.07) is 5.45. The highest BCUT2D eigenvalue weighted by Crippen LogP contribution is 2.22. The third-order valence-electron chi connectivity index (χ3n) is 2.90. The summed E-state index contributed by atoms with van der Waals surface area (Å²) in [6.07, 6.45) is 2.05. The zero-order valence-corrected chi connectivity index (χ0v) is 11.4. The zero-order chi connectivity index (χ0) is 12.8. The molecule has 1 aromatic rings. The second-order valence-corrected chi connectivity index (χ2v) is 5.12. The normalized spacial score (nSPS) is 13.1. The molecule has 0 aliphatic carbocycles. The van der Waals surface area contributed by atoms with Crippen molar-refractivity contribution in [3.05, 3.63) is 35.1 Å². The van der Waals surface area contributed by atoms with E-state index in [-0.39, 0.29) is 5.82 Å². The highest BCUT2D eigenvalue weighted by atomic mass is 19.1. The molecule has 0 radical (unpaired) electrons. The van der Waals surface area contributed by atoms with Crippen molar-refractivity contribution < 1.29 is 4.39 Å². The number of benzene rings is 1. The molecule has 1 nitrogen and oxygen atoms in total. The molecule has 96 valence electrons. The monoisotopic (exact) mass is 237 g/mol. The average Bonchev–Trinajstić information content (AvgIpc) is 2.25. The third-order valence-corrected chi connectivity index (χ3v) is 2.90. The molecule has 2 heteroatoms. The van der Waals surface area contributed by atoms with E-state index < -0.39 is 0 Å². The fraction of sp³-hybridized carbons (Fsp3) is 0.600. The van der Waals surface area contributed by atoms with Gasteiger partial charge in [-0.2, -0.15) is 0 Å². The van der Waals surface area contributed by atoms with Crippen LogP contribution in [0.2, 0.25) is 0 Å². The smallest absolute Gasteiger partial charge is 0.123 e. The highest BCUT2D eigenvalue weighted by molar-refractivity contribution is 5.30. The van der Waals surface area contributed by atoms with Gasteiger partial charge in [0.25, 0.3) is 0 Å². The van der Waals surface area contributed by atoms with Gasteiger partial charge in [-0.15, -0.1) is 0 Å². The molecule has 0 aromatic heterocycles. The van der Waals surface area contributed by atoms with E-state index in [0.717, 1.165) is 24.9 Å². The van der Waals surface area contributed by atoms with E-state index in [9.17, 15) is 4.39 Å². The first kappa shape index (κ1) is 14.2. The quantitative estimate of drug-likeness (QED) is 0.786. The van der Waals surface area contributed by atoms with Crippen LogP contribution in [-0.4, -0.2) is 6.54 Å². The first-order valence-corrected chi connectivity index (χ1v) is 6.56. The zero-order valence-electron chi connectivity index (χ0n) is 11.4. The molecule has 1 N–H and O–H groups in total. The Morgan fingerprint density at radius 1 is 1.24 bits per heavy atom. The summed E-state index contributed by atoms with van der Waals surface area (Å²) in [6.45, 7) is 9.63. The van der Waals surface area contributed by atoms with Gasteiger partial charge >= 0.3 is 0 Å². The third kappa shape index (κ3) is 4.47. The van der Waals surface area contributed by atoms with E-state index in [1.54, 1.807) is 12.1 Å². The fourth-order valence-electron chi connectivity index (χ4n) is 2.08. The Balaban J connectivity index is 2.88. The molecular weight excluding hydrogens is 213 g/mol. The van der Waals surface area contributed by atoms with Crippen LogP contribution < -0.4 is 5.32 Å². The Morgan fingerprint density at radius 2 is 1.94 bits per heavy atom. The Bertz CT molecular complexity index is 347. The summed E-state index contributed by atoms with van der Waals surface area (Å²) in [7, 11) is 0. The van der Waals surface area contributed by atoms with Crippen LogP contribution in [0.5, 0.6) is 0 Å². The van der Waals surface area contributed by atoms with Crippen molar-refractivity contribution in [2.24, 2.45) is 5.92 Å². The van der Waals surface area contributed by atoms with Crippen LogP contribution in [0, 0.1) is 11.7 Å². The molecule has 1 atom stereocenters. The average molecular weight is 237 g/mol. The second-order valence-electron chi connectivity index (χ2n) is 5.12. The standard InChI is InChI=1S/C15H24FN/c1-5-8-17-12(4)15-7-6-14(16)10-13(15)9-11(2)3/h6-7,10-12,17H,5,8-9H2,1-4H3. The van der Waals surface area contributed by atoms with Crippen molar-refractivity contribution in [1.29, 1.82) is 0 Å². The summed E-state index contributed by atoms with van der Waals surface area (Å²) < 4.78 is 13.3. The molecule has 0 amide bonds. The summed E-state index contributed by atoms with van der Waals surface area (Å²) in [4.78, 5) is 0. The molecular formula is C15H24FN. The molecule has 1 rings (SSSR count). The molecule has 0 saturated carbocycles. The van der Waals surface area contributed by atoms with Crippen molar-refractivity contribution in [1.82, 2.24) is 5.32 Å². The Hall–Kier alpha value is -0.890. The maximum Gasteiger partial charge on any atom is 0.123 e. The van der Waals surface area contributed by atoms with Crippen LogP contribution in [0.25, 0.3) is 0 Å². The van der Waals surface area contributed by atoms with Crippen LogP contribution in [0.3, 0.4) is 0 Å². The number of rotatable bonds is 6. The maximum atomic E-state index is 13.3. The van der Waals surface area contributed by atoms with E-state index >= 15 is 0 Å². The second kappa shape index (κ2) is 6.75. The lowest BCUT2D eigenvalue weighted by molar-refractivity contribution is 0.552. The molecule has 0 aliphatic rings. The van der Waals surface area contributed by atoms with Crippen molar-refractivity contribution in [2.45, 2.75) is 46.6 Å². The van der Waals surface area contributed by atoms with Crippen molar-refractivity contribution in [3.8, 4) is 0 Å². The largest absolute Gasteiger partial charge is 0.310 e. The minimum absolute atomic E-state index is 0.132. The molecule has 0 fully saturated rings. The lowest BCUT2D eigenvalue weighted by atomic mass is 9.94. The molecule has 0 spiro atoms. The van der Waals surface area contributed by atoms with E-state index in [2.05, 4.69) is 33.0 Å². The number of halogens is 1. The van der Waals surface area contributed by atoms with Crippen LogP contribution in [0.15, 0.2) is 18.2 Å². The first-order chi connectivity index (χ1) is 8.04. The molecule has 0 bridgehead atoms. The van der Waals surface area contributed by atoms with E-state index in [1.807, 2.05) is 6.07 Å². The summed E-state index contributed by atoms with van der Waals surface area (Å²) in [5.41, 5.74) is 2.37. The molecule has 17 heavy (non-hydrogen) atoms. The first-order valence-electron chi connectivity index (χ1n) is 6.56. The lowest BCUT2D eigenvalue weighted by Crippen LogP contribution is -2.21. The minimum Gasteiger partial charge on any atom is -0.310 e. The summed E-state index contributed by atoms with van der Waals surface area (Å²) >= 11 is 0. The molecule has 1 aromatic carbocycles. The van der Waals surface area contributed by atoms with Crippen LogP contribution >= 0.6 is 0 Å². The van der Waals surface area contributed by atoms with Gasteiger partial charge in [0.1, 0.15) is 5.82 Å². The molecule has 0 aliphatic heterocycles. The van der Waals surface area contributed by atoms with E-state index in [1.165, 1.54) is 5.56 Å². The lowest BCUT2D eigenvalue weighted by Gasteiger charge is -2.19. The van der Waals surface area contributed by atoms with Gasteiger partial charge in [0, 0.05) is 6.04 Å². The number of hydrogen-bond acceptors (Lipinski definition) is 1. The maximum absolute atomic E-state index is 13.3. The minimum atomic E-state index is -0.132. The van der Waals surface area contributed by atoms with Gasteiger partial charge in [-0.3, -0.25) is 0 Å². The summed E-state index contributed by atoms with van der Waals surface area (Å²) in [5, 5.41) is 3.46. The van der Waals surface area contributed by atoms with Crippen LogP contribution in [0.4, 0.5) is 4.39 Å². The van der Waals surface area contributed by atoms with Gasteiger partial charge in [-0.25, -0.2) is 4.39 Å². The summed E-state index contributed by atoms with van der Waals surface area (Å²) in [5.74, 6) is 0.418. The van der Waals surface area contributed by atoms with Gasteiger partial charge < -0.3 is 5.32 Å². The van der Waals surface area contributed by atoms with Gasteiger partial charge in [-0.1, -0.05) is 26.8 Å². The van der Waals surface area contributed by atoms with Gasteiger partial charge in [0.15, 0.2) is 0 Å². The number of nitrogens with one attached hydrogen (secondary N) is 1. The predicted octanol–water partition coefficient (Wildman–Crippen LogP) is 4.08. The molecule has 0 saturated heterocycles. The van der Waals surface area contributed by atoms with Crippen LogP contribution in [-0.2, 0) is 6.42 Å². The highest BCUT2D eigenvalue weighted by Gasteiger charge is 2.11. The van der Waals surface area contributed by atoms with E-state index in [0.29, 0.717) is 12.0 Å². The fourth-order valence-corrected chi connectivity index (χ4v) is 2.08. The van der Waals surface area contributed by atoms with Crippen LogP contribution in [0.1, 0.15) is 51.3 Å². The van der Waals surface area contributed by atoms with E-state index in [4.69, 9.17) is 0 Å². The Morgan fingerprint density at radius 3 is 2.53 bits per heavy atom. The van der Waals surface area contributed by atoms with Crippen molar-refractivity contribution in [2.75, 3.05) is 6.54 Å². The topological polar surface area (TPSA) is 12.0 Å². The molecule has 1 unspecified atom stereocenters. The van der Waals surface area contributed by atoms with Crippen molar-refractivity contribution in [3.63, 3.8) is 0 Å². The molecule has 0 heterocycles. The Kier molecular flexibility index (Phi) is 5.63. The van der Waals surface area contributed by atoms with Crippen molar-refractivity contribution >= 4 is 0 Å².